The van der Waals surface area contributed by atoms with Crippen molar-refractivity contribution in [3.05, 3.63) is 34.9 Å². The summed E-state index contributed by atoms with van der Waals surface area (Å²) < 4.78 is 6.52. The molecule has 1 unspecified atom stereocenters. The molecule has 1 aromatic carbocycles. The largest absolute Gasteiger partial charge is 0.383 e. The molecule has 1 atom stereocenters. The number of anilines is 1. The number of hydrogen-bond donors (Lipinski definition) is 1. The van der Waals surface area contributed by atoms with E-state index in [4.69, 9.17) is 4.74 Å². The van der Waals surface area contributed by atoms with Gasteiger partial charge in [-0.2, -0.15) is 0 Å². The summed E-state index contributed by atoms with van der Waals surface area (Å²) in [6.45, 7) is 2.74. The van der Waals surface area contributed by atoms with Crippen LogP contribution in [0.2, 0.25) is 0 Å². The zero-order valence-electron chi connectivity index (χ0n) is 10.7. The van der Waals surface area contributed by atoms with Gasteiger partial charge in [0.1, 0.15) is 0 Å². The lowest BCUT2D eigenvalue weighted by atomic mass is 10.0. The zero-order valence-corrected chi connectivity index (χ0v) is 12.3. The Morgan fingerprint density at radius 1 is 1.42 bits per heavy atom. The van der Waals surface area contributed by atoms with E-state index in [-0.39, 0.29) is 0 Å². The van der Waals surface area contributed by atoms with Crippen LogP contribution in [0.25, 0.3) is 10.9 Å². The van der Waals surface area contributed by atoms with Crippen LogP contribution in [0, 0.1) is 5.92 Å². The number of halogens is 1. The standard InChI is InChI=1S/C15H17BrN2O/c16-13-7-12-4-1-5-14(15(12)18-9-13)17-8-11-3-2-6-19-10-11/h1,4-5,7,9,11,17H,2-3,6,8,10H2. The van der Waals surface area contributed by atoms with Crippen LogP contribution in [0.1, 0.15) is 12.8 Å². The molecule has 3 rings (SSSR count). The summed E-state index contributed by atoms with van der Waals surface area (Å²) in [5.41, 5.74) is 2.14. The van der Waals surface area contributed by atoms with Gasteiger partial charge in [-0.15, -0.1) is 0 Å². The van der Waals surface area contributed by atoms with Gasteiger partial charge in [0.05, 0.1) is 17.8 Å². The summed E-state index contributed by atoms with van der Waals surface area (Å²) in [6, 6.07) is 8.34. The van der Waals surface area contributed by atoms with E-state index < -0.39 is 0 Å². The predicted molar refractivity (Wildman–Crippen MR) is 81.5 cm³/mol. The molecule has 0 amide bonds. The molecule has 1 N–H and O–H groups in total. The molecule has 19 heavy (non-hydrogen) atoms. The van der Waals surface area contributed by atoms with Gasteiger partial charge in [0.25, 0.3) is 0 Å². The molecule has 0 spiro atoms. The fourth-order valence-corrected chi connectivity index (χ4v) is 2.85. The lowest BCUT2D eigenvalue weighted by Crippen LogP contribution is -2.24. The Labute approximate surface area is 121 Å². The van der Waals surface area contributed by atoms with Gasteiger partial charge in [0.2, 0.25) is 0 Å². The Kier molecular flexibility index (Phi) is 3.99. The first-order valence-corrected chi connectivity index (χ1v) is 7.48. The van der Waals surface area contributed by atoms with Gasteiger partial charge in [-0.05, 0) is 46.8 Å². The molecule has 4 heteroatoms. The van der Waals surface area contributed by atoms with Gasteiger partial charge in [0, 0.05) is 29.2 Å². The van der Waals surface area contributed by atoms with Crippen molar-refractivity contribution in [1.29, 1.82) is 0 Å². The minimum atomic E-state index is 0.611. The number of hydrogen-bond acceptors (Lipinski definition) is 3. The Bertz CT molecular complexity index is 567. The maximum absolute atomic E-state index is 5.51. The third kappa shape index (κ3) is 3.07. The summed E-state index contributed by atoms with van der Waals surface area (Å²) in [6.07, 6.45) is 4.26. The fourth-order valence-electron chi connectivity index (χ4n) is 2.50. The van der Waals surface area contributed by atoms with Crippen molar-refractivity contribution in [2.75, 3.05) is 25.1 Å². The van der Waals surface area contributed by atoms with Crippen molar-refractivity contribution < 1.29 is 4.74 Å². The molecule has 3 nitrogen and oxygen atoms in total. The molecule has 1 aliphatic heterocycles. The van der Waals surface area contributed by atoms with Crippen molar-refractivity contribution in [2.45, 2.75) is 12.8 Å². The van der Waals surface area contributed by atoms with Crippen LogP contribution in [-0.2, 0) is 4.74 Å². The number of fused-ring (bicyclic) bond motifs is 1. The van der Waals surface area contributed by atoms with E-state index in [1.165, 1.54) is 12.8 Å². The average Bonchev–Trinajstić information content (AvgIpc) is 2.45. The van der Waals surface area contributed by atoms with Crippen molar-refractivity contribution in [1.82, 2.24) is 4.98 Å². The summed E-state index contributed by atoms with van der Waals surface area (Å²) in [4.78, 5) is 4.50. The highest BCUT2D eigenvalue weighted by Crippen LogP contribution is 2.24. The summed E-state index contributed by atoms with van der Waals surface area (Å²) in [5, 5.41) is 4.67. The van der Waals surface area contributed by atoms with Crippen LogP contribution >= 0.6 is 15.9 Å². The highest BCUT2D eigenvalue weighted by Gasteiger charge is 2.14. The van der Waals surface area contributed by atoms with Gasteiger partial charge in [-0.1, -0.05) is 12.1 Å². The van der Waals surface area contributed by atoms with Crippen LogP contribution in [0.4, 0.5) is 5.69 Å². The van der Waals surface area contributed by atoms with Crippen molar-refractivity contribution in [2.24, 2.45) is 5.92 Å². The normalized spacial score (nSPS) is 19.5. The van der Waals surface area contributed by atoms with Crippen LogP contribution in [0.5, 0.6) is 0 Å². The van der Waals surface area contributed by atoms with Crippen LogP contribution in [0.3, 0.4) is 0 Å². The number of para-hydroxylation sites is 1. The number of ether oxygens (including phenoxy) is 1. The Hall–Kier alpha value is -1.13. The first-order chi connectivity index (χ1) is 9.33. The van der Waals surface area contributed by atoms with Crippen LogP contribution in [0.15, 0.2) is 34.9 Å². The lowest BCUT2D eigenvalue weighted by Gasteiger charge is -2.22. The predicted octanol–water partition coefficient (Wildman–Crippen LogP) is 3.84. The van der Waals surface area contributed by atoms with E-state index >= 15 is 0 Å². The number of aromatic nitrogens is 1. The molecular formula is C15H17BrN2O. The Morgan fingerprint density at radius 3 is 3.21 bits per heavy atom. The second-order valence-electron chi connectivity index (χ2n) is 4.99. The molecule has 1 saturated heterocycles. The van der Waals surface area contributed by atoms with Crippen molar-refractivity contribution >= 4 is 32.5 Å². The molecule has 0 aliphatic carbocycles. The molecular weight excluding hydrogens is 304 g/mol. The van der Waals surface area contributed by atoms with Gasteiger partial charge in [-0.3, -0.25) is 4.98 Å². The lowest BCUT2D eigenvalue weighted by molar-refractivity contribution is 0.0595. The number of rotatable bonds is 3. The molecule has 0 radical (unpaired) electrons. The topological polar surface area (TPSA) is 34.2 Å². The minimum Gasteiger partial charge on any atom is -0.383 e. The monoisotopic (exact) mass is 320 g/mol. The van der Waals surface area contributed by atoms with E-state index in [2.05, 4.69) is 50.5 Å². The molecule has 1 fully saturated rings. The third-order valence-electron chi connectivity index (χ3n) is 3.51. The maximum atomic E-state index is 5.51. The highest BCUT2D eigenvalue weighted by atomic mass is 79.9. The quantitative estimate of drug-likeness (QED) is 0.933. The van der Waals surface area contributed by atoms with Gasteiger partial charge in [-0.25, -0.2) is 0 Å². The SMILES string of the molecule is Brc1cnc2c(NCC3CCCOC3)cccc2c1. The minimum absolute atomic E-state index is 0.611. The summed E-state index contributed by atoms with van der Waals surface area (Å²) >= 11 is 3.46. The van der Waals surface area contributed by atoms with Crippen molar-refractivity contribution in [3.8, 4) is 0 Å². The second-order valence-corrected chi connectivity index (χ2v) is 5.91. The third-order valence-corrected chi connectivity index (χ3v) is 3.95. The van der Waals surface area contributed by atoms with Crippen LogP contribution in [-0.4, -0.2) is 24.7 Å². The number of pyridine rings is 1. The van der Waals surface area contributed by atoms with E-state index in [1.54, 1.807) is 0 Å². The van der Waals surface area contributed by atoms with E-state index in [0.29, 0.717) is 5.92 Å². The smallest absolute Gasteiger partial charge is 0.0934 e. The van der Waals surface area contributed by atoms with Gasteiger partial charge >= 0.3 is 0 Å². The fraction of sp³-hybridized carbons (Fsp3) is 0.400. The molecule has 100 valence electrons. The van der Waals surface area contributed by atoms with Crippen molar-refractivity contribution in [3.63, 3.8) is 0 Å². The van der Waals surface area contributed by atoms with E-state index in [0.717, 1.165) is 40.8 Å². The summed E-state index contributed by atoms with van der Waals surface area (Å²) in [5.74, 6) is 0.611. The molecule has 0 saturated carbocycles. The zero-order chi connectivity index (χ0) is 13.1. The molecule has 0 bridgehead atoms. The molecule has 2 aromatic rings. The van der Waals surface area contributed by atoms with E-state index in [9.17, 15) is 0 Å². The summed E-state index contributed by atoms with van der Waals surface area (Å²) in [7, 11) is 0. The molecule has 2 heterocycles. The Balaban J connectivity index is 1.76. The average molecular weight is 321 g/mol. The molecule has 1 aliphatic rings. The first-order valence-electron chi connectivity index (χ1n) is 6.69. The Morgan fingerprint density at radius 2 is 2.37 bits per heavy atom. The number of benzene rings is 1. The highest BCUT2D eigenvalue weighted by molar-refractivity contribution is 9.10. The van der Waals surface area contributed by atoms with Crippen LogP contribution < -0.4 is 5.32 Å². The number of nitrogens with one attached hydrogen (secondary N) is 1. The van der Waals surface area contributed by atoms with Gasteiger partial charge in [0.15, 0.2) is 0 Å². The molecule has 1 aromatic heterocycles. The number of nitrogens with zero attached hydrogens (tertiary/aromatic N) is 1. The maximum Gasteiger partial charge on any atom is 0.0934 e. The second kappa shape index (κ2) is 5.88. The van der Waals surface area contributed by atoms with Gasteiger partial charge < -0.3 is 10.1 Å². The first kappa shape index (κ1) is 12.9. The van der Waals surface area contributed by atoms with E-state index in [1.807, 2.05) is 6.20 Å².